The van der Waals surface area contributed by atoms with E-state index < -0.39 is 22.1 Å². The van der Waals surface area contributed by atoms with Crippen LogP contribution in [0.5, 0.6) is 11.5 Å². The van der Waals surface area contributed by atoms with E-state index in [0.29, 0.717) is 35.5 Å². The van der Waals surface area contributed by atoms with Crippen LogP contribution in [0.4, 0.5) is 5.69 Å². The van der Waals surface area contributed by atoms with Crippen molar-refractivity contribution in [2.24, 2.45) is 0 Å². The second kappa shape index (κ2) is 17.6. The number of aromatic nitrogens is 1. The van der Waals surface area contributed by atoms with Crippen molar-refractivity contribution < 1.29 is 44.7 Å². The molecule has 304 valence electrons. The van der Waals surface area contributed by atoms with Crippen LogP contribution in [-0.2, 0) is 13.1 Å². The normalized spacial score (nSPS) is 13.3. The summed E-state index contributed by atoms with van der Waals surface area (Å²) in [6.07, 6.45) is 7.12. The molecular weight excluding hydrogens is 777 g/mol. The number of pyridine rings is 1. The molecule has 3 N–H and O–H groups in total. The first kappa shape index (κ1) is 41.5. The molecule has 5 aromatic carbocycles. The lowest BCUT2D eigenvalue weighted by Crippen LogP contribution is -2.50. The van der Waals surface area contributed by atoms with Crippen molar-refractivity contribution in [3.63, 3.8) is 0 Å². The maximum Gasteiger partial charge on any atom is 0.335 e. The molecule has 2 heterocycles. The first-order valence-electron chi connectivity index (χ1n) is 18.1. The summed E-state index contributed by atoms with van der Waals surface area (Å²) in [4.78, 5) is 45.6. The van der Waals surface area contributed by atoms with Gasteiger partial charge in [-0.3, -0.25) is 4.48 Å². The van der Waals surface area contributed by atoms with Crippen LogP contribution in [0.3, 0.4) is 0 Å². The molecule has 1 aromatic heterocycles. The molecule has 0 saturated carbocycles. The van der Waals surface area contributed by atoms with Gasteiger partial charge in [0, 0.05) is 50.2 Å². The van der Waals surface area contributed by atoms with Crippen molar-refractivity contribution >= 4 is 45.0 Å². The highest BCUT2D eigenvalue weighted by molar-refractivity contribution is 6.11. The highest BCUT2D eigenvalue weighted by atomic mass is 16.9. The second-order valence-corrected chi connectivity index (χ2v) is 13.5. The van der Waals surface area contributed by atoms with E-state index >= 15 is 0 Å². The molecule has 16 heteroatoms. The Bertz CT molecular complexity index is 2640. The summed E-state index contributed by atoms with van der Waals surface area (Å²) in [5, 5.41) is 50.1. The van der Waals surface area contributed by atoms with Crippen LogP contribution in [0.25, 0.3) is 27.4 Å². The summed E-state index contributed by atoms with van der Waals surface area (Å²) < 4.78 is 12.0. The second-order valence-electron chi connectivity index (χ2n) is 13.5. The number of hydrogen-bond donors (Lipinski definition) is 3. The van der Waals surface area contributed by atoms with Gasteiger partial charge in [-0.2, -0.15) is 0 Å². The maximum absolute atomic E-state index is 12.0. The zero-order valence-electron chi connectivity index (χ0n) is 32.1. The maximum atomic E-state index is 12.0. The summed E-state index contributed by atoms with van der Waals surface area (Å²) in [7, 11) is 3.11. The molecule has 0 fully saturated rings. The van der Waals surface area contributed by atoms with Gasteiger partial charge in [-0.15, -0.1) is 10.1 Å². The summed E-state index contributed by atoms with van der Waals surface area (Å²) in [6.45, 7) is 0.802. The van der Waals surface area contributed by atoms with Crippen molar-refractivity contribution in [1.82, 2.24) is 9.47 Å². The van der Waals surface area contributed by atoms with Gasteiger partial charge in [-0.1, -0.05) is 60.7 Å². The number of nitrogens with zero attached hydrogens (tertiary/aromatic N) is 4. The number of allylic oxidation sites excluding steroid dienone is 4. The smallest absolute Gasteiger partial charge is 0.335 e. The molecule has 0 spiro atoms. The lowest BCUT2D eigenvalue weighted by molar-refractivity contribution is -0.742. The third kappa shape index (κ3) is 8.30. The van der Waals surface area contributed by atoms with Crippen LogP contribution in [0.1, 0.15) is 49.4 Å². The third-order valence-electron chi connectivity index (χ3n) is 10.2. The van der Waals surface area contributed by atoms with E-state index in [-0.39, 0.29) is 11.1 Å². The van der Waals surface area contributed by atoms with Crippen LogP contribution in [0.2, 0.25) is 0 Å². The van der Waals surface area contributed by atoms with E-state index in [1.54, 1.807) is 38.5 Å². The molecule has 1 aliphatic carbocycles. The Balaban J connectivity index is 0.000000695. The van der Waals surface area contributed by atoms with E-state index in [0.717, 1.165) is 66.6 Å². The van der Waals surface area contributed by atoms with Gasteiger partial charge in [0.2, 0.25) is 0 Å². The standard InChI is InChI=1S/C44H34N2O6.HNO3.NO3/c1-51-39-23-27(43(47)48)19-21-29(39)25-46(26-30-22-20-28(44(49)50)24-40(30)52-2)37-17-9-5-13-33(37)42(34-14-6-10-18-38(34)46)41-31-11-3-7-15-35(31)45-36-16-8-4-12-32(36)41;2*2-1(3)4/h3-13,15-24H,14,25-26H2,1-2H3,(H-,47,48,49,50);(H,2,3,4);/q;;-1/p+1. The number of rotatable bonds is 9. The minimum Gasteiger partial charge on any atom is -0.496 e. The molecule has 0 bridgehead atoms. The minimum absolute atomic E-state index is 0.135. The molecule has 0 radical (unpaired) electrons. The van der Waals surface area contributed by atoms with Crippen molar-refractivity contribution in [2.75, 3.05) is 14.2 Å². The minimum atomic E-state index is -1.75. The van der Waals surface area contributed by atoms with Gasteiger partial charge in [-0.25, -0.2) is 14.6 Å². The van der Waals surface area contributed by atoms with Gasteiger partial charge in [-0.05, 0) is 67.1 Å². The highest BCUT2D eigenvalue weighted by Crippen LogP contribution is 2.54. The predicted molar refractivity (Wildman–Crippen MR) is 222 cm³/mol. The summed E-state index contributed by atoms with van der Waals surface area (Å²) >= 11 is 0. The first-order valence-corrected chi connectivity index (χ1v) is 18.1. The molecule has 8 rings (SSSR count). The highest BCUT2D eigenvalue weighted by Gasteiger charge is 2.46. The molecular formula is C44H36N4O12. The number of fused-ring (bicyclic) bond motifs is 4. The molecule has 0 unspecified atom stereocenters. The van der Waals surface area contributed by atoms with Gasteiger partial charge in [0.1, 0.15) is 36.0 Å². The summed E-state index contributed by atoms with van der Waals surface area (Å²) in [5.41, 5.74) is 10.3. The Morgan fingerprint density at radius 1 is 0.733 bits per heavy atom. The number of carboxylic acid groups (broad SMARTS) is 2. The number of carboxylic acids is 2. The molecule has 0 atom stereocenters. The molecule has 0 saturated heterocycles. The van der Waals surface area contributed by atoms with Crippen LogP contribution in [0.15, 0.2) is 139 Å². The van der Waals surface area contributed by atoms with E-state index in [4.69, 9.17) is 45.1 Å². The predicted octanol–water partition coefficient (Wildman–Crippen LogP) is 8.58. The van der Waals surface area contributed by atoms with Crippen LogP contribution >= 0.6 is 0 Å². The average molecular weight is 813 g/mol. The molecule has 6 aromatic rings. The molecule has 16 nitrogen and oxygen atoms in total. The SMILES string of the molecule is COc1cc(C(=O)O)ccc1C[N+]1(Cc2ccc(C(=O)O)cc2OC)C2=CC=CCC2=C(c2c3ccccc3nc3ccccc23)c2ccccc21.O=[N+]([O-])O.O=[N+]([O-])[O-]. The Kier molecular flexibility index (Phi) is 12.2. The fourth-order valence-electron chi connectivity index (χ4n) is 7.92. The van der Waals surface area contributed by atoms with E-state index in [1.807, 2.05) is 30.3 Å². The number of hydrogen-bond acceptors (Lipinski definition) is 10. The molecule has 60 heavy (non-hydrogen) atoms. The van der Waals surface area contributed by atoms with Crippen molar-refractivity contribution in [3.05, 3.63) is 198 Å². The number of ether oxygens (including phenoxy) is 2. The zero-order chi connectivity index (χ0) is 43.1. The fourth-order valence-corrected chi connectivity index (χ4v) is 7.92. The van der Waals surface area contributed by atoms with Crippen LogP contribution in [-0.4, -0.2) is 56.7 Å². The number of para-hydroxylation sites is 3. The quantitative estimate of drug-likeness (QED) is 0.0537. The van der Waals surface area contributed by atoms with Gasteiger partial charge in [0.05, 0.1) is 41.5 Å². The fraction of sp³-hybridized carbons (Fsp3) is 0.114. The average Bonchev–Trinajstić information content (AvgIpc) is 3.23. The monoisotopic (exact) mass is 812 g/mol. The number of carbonyl (C=O) groups is 2. The van der Waals surface area contributed by atoms with Crippen LogP contribution in [0, 0.1) is 25.4 Å². The zero-order valence-corrected chi connectivity index (χ0v) is 32.1. The van der Waals surface area contributed by atoms with Gasteiger partial charge in [0.25, 0.3) is 5.09 Å². The molecule has 2 aliphatic rings. The number of quaternary nitrogens is 1. The van der Waals surface area contributed by atoms with E-state index in [2.05, 4.69) is 72.8 Å². The lowest BCUT2D eigenvalue weighted by Gasteiger charge is -2.46. The van der Waals surface area contributed by atoms with Gasteiger partial charge in [0.15, 0.2) is 0 Å². The van der Waals surface area contributed by atoms with Crippen molar-refractivity contribution in [2.45, 2.75) is 19.5 Å². The summed E-state index contributed by atoms with van der Waals surface area (Å²) in [6, 6.07) is 35.0. The number of aromatic carboxylic acids is 2. The third-order valence-corrected chi connectivity index (χ3v) is 10.2. The first-order chi connectivity index (χ1) is 28.8. The number of methoxy groups -OCH3 is 2. The van der Waals surface area contributed by atoms with Gasteiger partial charge >= 0.3 is 11.9 Å². The Labute approximate surface area is 341 Å². The van der Waals surface area contributed by atoms with Crippen molar-refractivity contribution in [1.29, 1.82) is 0 Å². The lowest BCUT2D eigenvalue weighted by atomic mass is 9.79. The number of benzene rings is 5. The Morgan fingerprint density at radius 3 is 1.68 bits per heavy atom. The molecule has 1 aliphatic heterocycles. The largest absolute Gasteiger partial charge is 0.496 e. The summed E-state index contributed by atoms with van der Waals surface area (Å²) in [5.74, 6) is -1.13. The molecule has 0 amide bonds. The van der Waals surface area contributed by atoms with E-state index in [1.165, 1.54) is 0 Å². The van der Waals surface area contributed by atoms with Crippen molar-refractivity contribution in [3.8, 4) is 11.5 Å². The Hall–Kier alpha value is -8.11. The van der Waals surface area contributed by atoms with E-state index in [9.17, 15) is 19.8 Å². The Morgan fingerprint density at radius 2 is 1.20 bits per heavy atom. The topological polar surface area (TPSA) is 236 Å². The van der Waals surface area contributed by atoms with Gasteiger partial charge < -0.3 is 40.2 Å². The van der Waals surface area contributed by atoms with Crippen LogP contribution < -0.4 is 14.0 Å².